The minimum absolute atomic E-state index is 0.0721. The summed E-state index contributed by atoms with van der Waals surface area (Å²) >= 11 is 0. The quantitative estimate of drug-likeness (QED) is 0.600. The third-order valence-corrected chi connectivity index (χ3v) is 6.19. The van der Waals surface area contributed by atoms with Gasteiger partial charge in [0.1, 0.15) is 0 Å². The van der Waals surface area contributed by atoms with Crippen molar-refractivity contribution in [1.82, 2.24) is 4.90 Å². The number of esters is 2. The highest BCUT2D eigenvalue weighted by Gasteiger charge is 2.38. The number of anilines is 1. The second-order valence-electron chi connectivity index (χ2n) is 8.32. The summed E-state index contributed by atoms with van der Waals surface area (Å²) < 4.78 is 10.5. The Balaban J connectivity index is 1.53. The lowest BCUT2D eigenvalue weighted by Gasteiger charge is -2.32. The maximum atomic E-state index is 12.7. The molecule has 8 nitrogen and oxygen atoms in total. The average Bonchev–Trinajstić information content (AvgIpc) is 3.20. The third-order valence-electron chi connectivity index (χ3n) is 6.19. The molecule has 0 bridgehead atoms. The average molecular weight is 445 g/mol. The predicted molar refractivity (Wildman–Crippen MR) is 118 cm³/mol. The Morgan fingerprint density at radius 1 is 1.06 bits per heavy atom. The molecule has 2 aliphatic heterocycles. The molecular formula is C24H32N2O6. The van der Waals surface area contributed by atoms with Crippen molar-refractivity contribution in [2.75, 3.05) is 31.1 Å². The van der Waals surface area contributed by atoms with Crippen molar-refractivity contribution in [1.29, 1.82) is 0 Å². The number of hydrogen-bond acceptors (Lipinski definition) is 6. The van der Waals surface area contributed by atoms with Gasteiger partial charge >= 0.3 is 11.9 Å². The molecule has 0 radical (unpaired) electrons. The maximum Gasteiger partial charge on any atom is 0.312 e. The normalized spacial score (nSPS) is 20.2. The van der Waals surface area contributed by atoms with Crippen LogP contribution in [0.1, 0.15) is 45.6 Å². The number of nitrogens with zero attached hydrogens (tertiary/aromatic N) is 2. The van der Waals surface area contributed by atoms with Crippen molar-refractivity contribution in [3.05, 3.63) is 29.8 Å². The van der Waals surface area contributed by atoms with E-state index in [1.165, 1.54) is 0 Å². The molecule has 8 heteroatoms. The molecule has 2 heterocycles. The zero-order valence-corrected chi connectivity index (χ0v) is 19.0. The number of para-hydroxylation sites is 1. The minimum Gasteiger partial charge on any atom is -0.466 e. The number of carbonyl (C=O) groups is 4. The van der Waals surface area contributed by atoms with Gasteiger partial charge in [0, 0.05) is 31.7 Å². The first kappa shape index (κ1) is 23.8. The fourth-order valence-corrected chi connectivity index (χ4v) is 4.35. The number of carbonyl (C=O) groups excluding carboxylic acids is 4. The number of piperidine rings is 1. The van der Waals surface area contributed by atoms with Gasteiger partial charge in [-0.05, 0) is 44.7 Å². The van der Waals surface area contributed by atoms with E-state index in [2.05, 4.69) is 0 Å². The lowest BCUT2D eigenvalue weighted by molar-refractivity contribution is -0.163. The lowest BCUT2D eigenvalue weighted by atomic mass is 9.96. The Morgan fingerprint density at radius 2 is 1.75 bits per heavy atom. The largest absolute Gasteiger partial charge is 0.466 e. The second kappa shape index (κ2) is 10.6. The van der Waals surface area contributed by atoms with Crippen LogP contribution in [0.15, 0.2) is 24.3 Å². The van der Waals surface area contributed by atoms with Crippen molar-refractivity contribution in [2.45, 2.75) is 52.6 Å². The summed E-state index contributed by atoms with van der Waals surface area (Å²) in [7, 11) is 0. The van der Waals surface area contributed by atoms with E-state index in [-0.39, 0.29) is 36.7 Å². The maximum absolute atomic E-state index is 12.7. The molecule has 0 aromatic heterocycles. The van der Waals surface area contributed by atoms with E-state index in [0.717, 1.165) is 17.7 Å². The van der Waals surface area contributed by atoms with Crippen LogP contribution in [0.2, 0.25) is 0 Å². The van der Waals surface area contributed by atoms with Crippen molar-refractivity contribution in [3.63, 3.8) is 0 Å². The summed E-state index contributed by atoms with van der Waals surface area (Å²) in [5.41, 5.74) is 1.87. The molecule has 1 aromatic carbocycles. The van der Waals surface area contributed by atoms with Gasteiger partial charge in [-0.3, -0.25) is 19.2 Å². The Labute approximate surface area is 188 Å². The Bertz CT molecular complexity index is 862. The number of rotatable bonds is 7. The van der Waals surface area contributed by atoms with E-state index >= 15 is 0 Å². The molecule has 32 heavy (non-hydrogen) atoms. The number of ether oxygens (including phenoxy) is 2. The van der Waals surface area contributed by atoms with Gasteiger partial charge in [-0.25, -0.2) is 0 Å². The van der Waals surface area contributed by atoms with Gasteiger partial charge in [-0.1, -0.05) is 25.1 Å². The Kier molecular flexibility index (Phi) is 7.88. The van der Waals surface area contributed by atoms with Crippen LogP contribution >= 0.6 is 0 Å². The standard InChI is InChI=1S/C24H32N2O6/c1-4-17-8-6-7-9-20(17)26-15-19(14-21(26)27)24(30)32-16(3)22(28)25-12-10-18(11-13-25)23(29)31-5-2/h6-9,16,18-19H,4-5,10-15H2,1-3H3. The zero-order valence-electron chi connectivity index (χ0n) is 19.0. The van der Waals surface area contributed by atoms with E-state index in [4.69, 9.17) is 9.47 Å². The fraction of sp³-hybridized carbons (Fsp3) is 0.583. The highest BCUT2D eigenvalue weighted by molar-refractivity contribution is 6.00. The van der Waals surface area contributed by atoms with Gasteiger partial charge < -0.3 is 19.3 Å². The molecule has 3 rings (SSSR count). The van der Waals surface area contributed by atoms with Crippen LogP contribution in [-0.2, 0) is 35.1 Å². The lowest BCUT2D eigenvalue weighted by Crippen LogP contribution is -2.46. The summed E-state index contributed by atoms with van der Waals surface area (Å²) in [6, 6.07) is 7.66. The summed E-state index contributed by atoms with van der Waals surface area (Å²) in [5.74, 6) is -1.95. The van der Waals surface area contributed by atoms with Gasteiger partial charge in [0.25, 0.3) is 5.91 Å². The van der Waals surface area contributed by atoms with Crippen molar-refractivity contribution in [3.8, 4) is 0 Å². The summed E-state index contributed by atoms with van der Waals surface area (Å²) in [4.78, 5) is 53.1. The highest BCUT2D eigenvalue weighted by atomic mass is 16.5. The fourth-order valence-electron chi connectivity index (χ4n) is 4.35. The van der Waals surface area contributed by atoms with Crippen LogP contribution in [0.25, 0.3) is 0 Å². The van der Waals surface area contributed by atoms with E-state index in [0.29, 0.717) is 32.5 Å². The first-order valence-corrected chi connectivity index (χ1v) is 11.4. The van der Waals surface area contributed by atoms with Crippen molar-refractivity contribution < 1.29 is 28.7 Å². The summed E-state index contributed by atoms with van der Waals surface area (Å²) in [5, 5.41) is 0. The highest BCUT2D eigenvalue weighted by Crippen LogP contribution is 2.29. The van der Waals surface area contributed by atoms with Gasteiger partial charge in [0.15, 0.2) is 6.10 Å². The molecule has 0 aliphatic carbocycles. The number of amides is 2. The summed E-state index contributed by atoms with van der Waals surface area (Å²) in [6.07, 6.45) is 0.993. The first-order chi connectivity index (χ1) is 15.3. The van der Waals surface area contributed by atoms with Gasteiger partial charge in [0.2, 0.25) is 5.91 Å². The predicted octanol–water partition coefficient (Wildman–Crippen LogP) is 2.34. The molecule has 2 fully saturated rings. The van der Waals surface area contributed by atoms with Gasteiger partial charge in [-0.15, -0.1) is 0 Å². The van der Waals surface area contributed by atoms with E-state index < -0.39 is 18.0 Å². The number of likely N-dealkylation sites (tertiary alicyclic amines) is 1. The van der Waals surface area contributed by atoms with Crippen LogP contribution in [0.3, 0.4) is 0 Å². The van der Waals surface area contributed by atoms with Crippen LogP contribution in [0, 0.1) is 11.8 Å². The van der Waals surface area contributed by atoms with Crippen LogP contribution in [0.4, 0.5) is 5.69 Å². The molecule has 2 aliphatic rings. The van der Waals surface area contributed by atoms with Crippen LogP contribution in [0.5, 0.6) is 0 Å². The number of aryl methyl sites for hydroxylation is 1. The minimum atomic E-state index is -0.936. The Hall–Kier alpha value is -2.90. The Morgan fingerprint density at radius 3 is 2.41 bits per heavy atom. The molecule has 2 atom stereocenters. The topological polar surface area (TPSA) is 93.2 Å². The van der Waals surface area contributed by atoms with Gasteiger partial charge in [-0.2, -0.15) is 0 Å². The van der Waals surface area contributed by atoms with E-state index in [1.807, 2.05) is 31.2 Å². The monoisotopic (exact) mass is 444 g/mol. The molecule has 2 unspecified atom stereocenters. The van der Waals surface area contributed by atoms with Gasteiger partial charge in [0.05, 0.1) is 18.4 Å². The molecule has 174 valence electrons. The zero-order chi connectivity index (χ0) is 23.3. The molecule has 0 spiro atoms. The molecule has 0 N–H and O–H groups in total. The summed E-state index contributed by atoms with van der Waals surface area (Å²) in [6.45, 7) is 6.79. The van der Waals surface area contributed by atoms with Crippen LogP contribution in [-0.4, -0.2) is 61.0 Å². The van der Waals surface area contributed by atoms with Crippen molar-refractivity contribution >= 4 is 29.4 Å². The first-order valence-electron chi connectivity index (χ1n) is 11.4. The van der Waals surface area contributed by atoms with E-state index in [9.17, 15) is 19.2 Å². The third kappa shape index (κ3) is 5.29. The van der Waals surface area contributed by atoms with Crippen LogP contribution < -0.4 is 4.90 Å². The molecule has 2 saturated heterocycles. The molecular weight excluding hydrogens is 412 g/mol. The smallest absolute Gasteiger partial charge is 0.312 e. The molecule has 2 amide bonds. The van der Waals surface area contributed by atoms with E-state index in [1.54, 1.807) is 23.6 Å². The second-order valence-corrected chi connectivity index (χ2v) is 8.32. The number of benzene rings is 1. The molecule has 0 saturated carbocycles. The van der Waals surface area contributed by atoms with Crippen molar-refractivity contribution in [2.24, 2.45) is 11.8 Å². The SMILES string of the molecule is CCOC(=O)C1CCN(C(=O)C(C)OC(=O)C2CC(=O)N(c3ccccc3CC)C2)CC1. The molecule has 1 aromatic rings. The number of hydrogen-bond donors (Lipinski definition) is 0.